The molecule has 0 spiro atoms. The summed E-state index contributed by atoms with van der Waals surface area (Å²) in [4.78, 5) is 8.85. The van der Waals surface area contributed by atoms with E-state index >= 15 is 0 Å². The summed E-state index contributed by atoms with van der Waals surface area (Å²) >= 11 is 0. The van der Waals surface area contributed by atoms with Gasteiger partial charge in [0.1, 0.15) is 0 Å². The molecule has 3 heteroatoms. The zero-order valence-electron chi connectivity index (χ0n) is 9.88. The monoisotopic (exact) mass is 235 g/mol. The molecule has 1 aromatic carbocycles. The van der Waals surface area contributed by atoms with Crippen LogP contribution in [0.5, 0.6) is 0 Å². The van der Waals surface area contributed by atoms with Crippen molar-refractivity contribution in [1.29, 1.82) is 0 Å². The number of para-hydroxylation sites is 1. The molecule has 88 valence electrons. The molecule has 0 aliphatic heterocycles. The fourth-order valence-corrected chi connectivity index (χ4v) is 2.15. The van der Waals surface area contributed by atoms with E-state index in [0.29, 0.717) is 6.54 Å². The number of hydrogen-bond acceptors (Lipinski definition) is 3. The van der Waals surface area contributed by atoms with E-state index in [9.17, 15) is 0 Å². The minimum atomic E-state index is 0.462. The Hall–Kier alpha value is -2.26. The van der Waals surface area contributed by atoms with E-state index < -0.39 is 0 Å². The number of nitrogens with zero attached hydrogens (tertiary/aromatic N) is 2. The number of aromatic nitrogens is 2. The highest BCUT2D eigenvalue weighted by Gasteiger charge is 2.10. The van der Waals surface area contributed by atoms with Crippen molar-refractivity contribution in [2.24, 2.45) is 5.73 Å². The first-order chi connectivity index (χ1) is 8.90. The van der Waals surface area contributed by atoms with E-state index in [-0.39, 0.29) is 0 Å². The standard InChI is InChI=1S/C15H13N3/c16-9-11-10-18-13-6-2-1-5-12(13)15(11)14-7-3-4-8-17-14/h1-8,10H,9,16H2. The van der Waals surface area contributed by atoms with Gasteiger partial charge in [0.25, 0.3) is 0 Å². The SMILES string of the molecule is NCc1cnc2ccccc2c1-c1ccccn1. The molecule has 0 radical (unpaired) electrons. The maximum absolute atomic E-state index is 5.81. The van der Waals surface area contributed by atoms with E-state index in [1.54, 1.807) is 6.20 Å². The van der Waals surface area contributed by atoms with E-state index in [1.807, 2.05) is 42.6 Å². The second-order valence-electron chi connectivity index (χ2n) is 4.09. The number of nitrogens with two attached hydrogens (primary N) is 1. The molecule has 18 heavy (non-hydrogen) atoms. The molecule has 2 aromatic heterocycles. The minimum absolute atomic E-state index is 0.462. The van der Waals surface area contributed by atoms with Gasteiger partial charge in [-0.05, 0) is 23.8 Å². The topological polar surface area (TPSA) is 51.8 Å². The fourth-order valence-electron chi connectivity index (χ4n) is 2.15. The summed E-state index contributed by atoms with van der Waals surface area (Å²) in [5, 5.41) is 1.10. The molecule has 0 amide bonds. The van der Waals surface area contributed by atoms with Gasteiger partial charge in [0.05, 0.1) is 11.2 Å². The molecule has 0 unspecified atom stereocenters. The van der Waals surface area contributed by atoms with Crippen LogP contribution >= 0.6 is 0 Å². The molecule has 0 fully saturated rings. The predicted octanol–water partition coefficient (Wildman–Crippen LogP) is 2.76. The number of rotatable bonds is 2. The Balaban J connectivity index is 2.38. The molecule has 3 nitrogen and oxygen atoms in total. The normalized spacial score (nSPS) is 10.7. The summed E-state index contributed by atoms with van der Waals surface area (Å²) in [5.74, 6) is 0. The van der Waals surface area contributed by atoms with Crippen molar-refractivity contribution in [1.82, 2.24) is 9.97 Å². The molecular formula is C15H13N3. The van der Waals surface area contributed by atoms with Crippen LogP contribution in [0.2, 0.25) is 0 Å². The Bertz CT molecular complexity index is 678. The molecule has 2 heterocycles. The van der Waals surface area contributed by atoms with Crippen LogP contribution in [0.15, 0.2) is 54.9 Å². The summed E-state index contributed by atoms with van der Waals surface area (Å²) < 4.78 is 0. The van der Waals surface area contributed by atoms with Gasteiger partial charge >= 0.3 is 0 Å². The van der Waals surface area contributed by atoms with Gasteiger partial charge in [-0.15, -0.1) is 0 Å². The van der Waals surface area contributed by atoms with Crippen LogP contribution in [0.3, 0.4) is 0 Å². The quantitative estimate of drug-likeness (QED) is 0.743. The van der Waals surface area contributed by atoms with Crippen LogP contribution in [-0.2, 0) is 6.54 Å². The molecule has 0 aliphatic carbocycles. The fraction of sp³-hybridized carbons (Fsp3) is 0.0667. The molecule has 0 bridgehead atoms. The average Bonchev–Trinajstić information content (AvgIpc) is 2.47. The smallest absolute Gasteiger partial charge is 0.0712 e. The van der Waals surface area contributed by atoms with Crippen LogP contribution in [-0.4, -0.2) is 9.97 Å². The number of benzene rings is 1. The average molecular weight is 235 g/mol. The van der Waals surface area contributed by atoms with E-state index in [4.69, 9.17) is 5.73 Å². The predicted molar refractivity (Wildman–Crippen MR) is 72.9 cm³/mol. The Morgan fingerprint density at radius 2 is 1.78 bits per heavy atom. The molecule has 3 rings (SSSR count). The molecule has 0 aliphatic rings. The van der Waals surface area contributed by atoms with Gasteiger partial charge < -0.3 is 5.73 Å². The van der Waals surface area contributed by atoms with Crippen molar-refractivity contribution in [2.45, 2.75) is 6.54 Å². The third kappa shape index (κ3) is 1.75. The van der Waals surface area contributed by atoms with Crippen LogP contribution in [0, 0.1) is 0 Å². The van der Waals surface area contributed by atoms with Crippen LogP contribution in [0.25, 0.3) is 22.2 Å². The van der Waals surface area contributed by atoms with Gasteiger partial charge in [0, 0.05) is 29.9 Å². The number of fused-ring (bicyclic) bond motifs is 1. The van der Waals surface area contributed by atoms with E-state index in [2.05, 4.69) is 16.0 Å². The van der Waals surface area contributed by atoms with Gasteiger partial charge in [-0.3, -0.25) is 9.97 Å². The van der Waals surface area contributed by atoms with Crippen molar-refractivity contribution >= 4 is 10.9 Å². The number of hydrogen-bond donors (Lipinski definition) is 1. The van der Waals surface area contributed by atoms with Crippen LogP contribution in [0.4, 0.5) is 0 Å². The second kappa shape index (κ2) is 4.55. The number of pyridine rings is 2. The summed E-state index contributed by atoms with van der Waals surface area (Å²) in [6.07, 6.45) is 3.64. The first-order valence-electron chi connectivity index (χ1n) is 5.88. The lowest BCUT2D eigenvalue weighted by atomic mass is 10.0. The first-order valence-corrected chi connectivity index (χ1v) is 5.88. The van der Waals surface area contributed by atoms with Gasteiger partial charge in [-0.2, -0.15) is 0 Å². The Kier molecular flexibility index (Phi) is 2.74. The third-order valence-corrected chi connectivity index (χ3v) is 2.99. The highest BCUT2D eigenvalue weighted by molar-refractivity contribution is 5.94. The maximum Gasteiger partial charge on any atom is 0.0712 e. The lowest BCUT2D eigenvalue weighted by molar-refractivity contribution is 1.06. The summed E-state index contributed by atoms with van der Waals surface area (Å²) in [7, 11) is 0. The molecular weight excluding hydrogens is 222 g/mol. The lowest BCUT2D eigenvalue weighted by Gasteiger charge is -2.10. The van der Waals surface area contributed by atoms with E-state index in [1.165, 1.54) is 0 Å². The summed E-state index contributed by atoms with van der Waals surface area (Å²) in [6.45, 7) is 0.462. The Morgan fingerprint density at radius 1 is 0.944 bits per heavy atom. The Morgan fingerprint density at radius 3 is 2.56 bits per heavy atom. The summed E-state index contributed by atoms with van der Waals surface area (Å²) in [6, 6.07) is 14.0. The molecule has 3 aromatic rings. The zero-order chi connectivity index (χ0) is 12.4. The molecule has 0 atom stereocenters. The minimum Gasteiger partial charge on any atom is -0.326 e. The van der Waals surface area contributed by atoms with Gasteiger partial charge in [-0.25, -0.2) is 0 Å². The lowest BCUT2D eigenvalue weighted by Crippen LogP contribution is -2.01. The molecule has 0 saturated carbocycles. The van der Waals surface area contributed by atoms with Crippen LogP contribution < -0.4 is 5.73 Å². The Labute approximate surface area is 105 Å². The zero-order valence-corrected chi connectivity index (χ0v) is 9.88. The van der Waals surface area contributed by atoms with Crippen molar-refractivity contribution in [3.8, 4) is 11.3 Å². The van der Waals surface area contributed by atoms with Crippen molar-refractivity contribution in [3.63, 3.8) is 0 Å². The summed E-state index contributed by atoms with van der Waals surface area (Å²) in [5.41, 5.74) is 9.83. The van der Waals surface area contributed by atoms with Gasteiger partial charge in [-0.1, -0.05) is 24.3 Å². The van der Waals surface area contributed by atoms with Crippen molar-refractivity contribution in [3.05, 3.63) is 60.4 Å². The highest BCUT2D eigenvalue weighted by Crippen LogP contribution is 2.29. The third-order valence-electron chi connectivity index (χ3n) is 2.99. The van der Waals surface area contributed by atoms with Crippen molar-refractivity contribution < 1.29 is 0 Å². The molecule has 0 saturated heterocycles. The van der Waals surface area contributed by atoms with Crippen LogP contribution in [0.1, 0.15) is 5.56 Å². The second-order valence-corrected chi connectivity index (χ2v) is 4.09. The first kappa shape index (κ1) is 10.9. The van der Waals surface area contributed by atoms with E-state index in [0.717, 1.165) is 27.7 Å². The highest BCUT2D eigenvalue weighted by atomic mass is 14.7. The maximum atomic E-state index is 5.81. The largest absolute Gasteiger partial charge is 0.326 e. The van der Waals surface area contributed by atoms with Gasteiger partial charge in [0.15, 0.2) is 0 Å². The van der Waals surface area contributed by atoms with Crippen molar-refractivity contribution in [2.75, 3.05) is 0 Å². The van der Waals surface area contributed by atoms with Gasteiger partial charge in [0.2, 0.25) is 0 Å². The molecule has 2 N–H and O–H groups in total.